The Hall–Kier alpha value is -2.61. The number of aromatic nitrogens is 2. The molecular formula is C23H20ClN3O2S2. The van der Waals surface area contributed by atoms with Crippen LogP contribution < -0.4 is 10.9 Å². The van der Waals surface area contributed by atoms with E-state index in [2.05, 4.69) is 10.3 Å². The van der Waals surface area contributed by atoms with Crippen molar-refractivity contribution in [1.29, 1.82) is 0 Å². The van der Waals surface area contributed by atoms with Gasteiger partial charge in [-0.25, -0.2) is 4.98 Å². The van der Waals surface area contributed by atoms with Crippen LogP contribution >= 0.6 is 34.7 Å². The minimum absolute atomic E-state index is 0.0603. The van der Waals surface area contributed by atoms with Crippen LogP contribution in [0.1, 0.15) is 11.1 Å². The molecule has 0 fully saturated rings. The average molecular weight is 470 g/mol. The summed E-state index contributed by atoms with van der Waals surface area (Å²) in [4.78, 5) is 30.1. The van der Waals surface area contributed by atoms with Crippen molar-refractivity contribution in [1.82, 2.24) is 14.9 Å². The lowest BCUT2D eigenvalue weighted by molar-refractivity contribution is -0.118. The van der Waals surface area contributed by atoms with Crippen molar-refractivity contribution in [2.45, 2.75) is 24.7 Å². The Kier molecular flexibility index (Phi) is 7.06. The van der Waals surface area contributed by atoms with Gasteiger partial charge in [0.15, 0.2) is 5.16 Å². The first-order valence-corrected chi connectivity index (χ1v) is 12.0. The molecule has 5 nitrogen and oxygen atoms in total. The van der Waals surface area contributed by atoms with Crippen LogP contribution in [0.2, 0.25) is 5.02 Å². The lowest BCUT2D eigenvalue weighted by atomic mass is 10.1. The smallest absolute Gasteiger partial charge is 0.272 e. The van der Waals surface area contributed by atoms with Crippen molar-refractivity contribution in [2.75, 3.05) is 5.75 Å². The Morgan fingerprint density at radius 3 is 2.68 bits per heavy atom. The van der Waals surface area contributed by atoms with Gasteiger partial charge in [-0.05, 0) is 35.1 Å². The van der Waals surface area contributed by atoms with E-state index >= 15 is 0 Å². The number of thiophene rings is 1. The van der Waals surface area contributed by atoms with E-state index in [0.29, 0.717) is 39.9 Å². The molecule has 2 aromatic heterocycles. The van der Waals surface area contributed by atoms with Crippen molar-refractivity contribution in [3.8, 4) is 0 Å². The number of thioether (sulfide) groups is 1. The molecule has 0 aliphatic carbocycles. The van der Waals surface area contributed by atoms with Crippen LogP contribution in [-0.4, -0.2) is 21.2 Å². The highest BCUT2D eigenvalue weighted by Crippen LogP contribution is 2.21. The fraction of sp³-hybridized carbons (Fsp3) is 0.174. The van der Waals surface area contributed by atoms with Crippen molar-refractivity contribution in [3.05, 3.63) is 92.5 Å². The van der Waals surface area contributed by atoms with Gasteiger partial charge in [-0.15, -0.1) is 11.3 Å². The molecule has 0 bridgehead atoms. The highest BCUT2D eigenvalue weighted by molar-refractivity contribution is 7.99. The summed E-state index contributed by atoms with van der Waals surface area (Å²) in [5, 5.41) is 5.92. The van der Waals surface area contributed by atoms with Crippen molar-refractivity contribution in [3.63, 3.8) is 0 Å². The largest absolute Gasteiger partial charge is 0.351 e. The maximum absolute atomic E-state index is 13.0. The Balaban J connectivity index is 1.47. The molecule has 31 heavy (non-hydrogen) atoms. The first kappa shape index (κ1) is 21.6. The van der Waals surface area contributed by atoms with E-state index in [9.17, 15) is 9.59 Å². The van der Waals surface area contributed by atoms with Gasteiger partial charge < -0.3 is 5.32 Å². The van der Waals surface area contributed by atoms with E-state index in [0.717, 1.165) is 11.1 Å². The summed E-state index contributed by atoms with van der Waals surface area (Å²) in [6, 6.07) is 19.3. The summed E-state index contributed by atoms with van der Waals surface area (Å²) in [6.07, 6.45) is 0.714. The van der Waals surface area contributed by atoms with Crippen LogP contribution in [0.3, 0.4) is 0 Å². The summed E-state index contributed by atoms with van der Waals surface area (Å²) < 4.78 is 2.32. The molecule has 0 saturated carbocycles. The molecule has 8 heteroatoms. The van der Waals surface area contributed by atoms with E-state index in [1.54, 1.807) is 10.6 Å². The molecule has 4 aromatic rings. The van der Waals surface area contributed by atoms with E-state index in [1.165, 1.54) is 23.1 Å². The Morgan fingerprint density at radius 2 is 1.87 bits per heavy atom. The lowest BCUT2D eigenvalue weighted by Crippen LogP contribution is -2.27. The molecule has 4 rings (SSSR count). The van der Waals surface area contributed by atoms with E-state index in [4.69, 9.17) is 11.6 Å². The summed E-state index contributed by atoms with van der Waals surface area (Å²) >= 11 is 8.81. The standard InChI is InChI=1S/C23H20ClN3O2S2/c24-18-9-5-4-8-17(18)14-25-20(28)15-31-23-26-19-11-13-30-21(19)22(29)27(23)12-10-16-6-2-1-3-7-16/h1-9,11,13H,10,12,14-15H2,(H,25,28). The number of nitrogens with one attached hydrogen (secondary N) is 1. The van der Waals surface area contributed by atoms with Crippen LogP contribution in [0.5, 0.6) is 0 Å². The minimum atomic E-state index is -0.140. The third-order valence-corrected chi connectivity index (χ3v) is 7.00. The third kappa shape index (κ3) is 5.36. The Labute approximate surface area is 193 Å². The first-order valence-electron chi connectivity index (χ1n) is 9.76. The van der Waals surface area contributed by atoms with Crippen molar-refractivity contribution in [2.24, 2.45) is 0 Å². The van der Waals surface area contributed by atoms with Gasteiger partial charge in [-0.1, -0.05) is 71.9 Å². The molecule has 1 N–H and O–H groups in total. The van der Waals surface area contributed by atoms with Crippen molar-refractivity contribution < 1.29 is 4.79 Å². The molecule has 2 aromatic carbocycles. The molecule has 0 aliphatic heterocycles. The molecule has 0 saturated heterocycles. The van der Waals surface area contributed by atoms with Crippen LogP contribution in [0, 0.1) is 0 Å². The summed E-state index contributed by atoms with van der Waals surface area (Å²) in [7, 11) is 0. The lowest BCUT2D eigenvalue weighted by Gasteiger charge is -2.12. The molecule has 0 radical (unpaired) electrons. The molecule has 0 aliphatic rings. The number of rotatable bonds is 8. The Bertz CT molecular complexity index is 1250. The van der Waals surface area contributed by atoms with Gasteiger partial charge in [-0.2, -0.15) is 0 Å². The normalized spacial score (nSPS) is 11.0. The monoisotopic (exact) mass is 469 g/mol. The van der Waals surface area contributed by atoms with Gasteiger partial charge in [0.05, 0.1) is 11.3 Å². The second-order valence-corrected chi connectivity index (χ2v) is 9.14. The second kappa shape index (κ2) is 10.1. The van der Waals surface area contributed by atoms with Gasteiger partial charge in [0.25, 0.3) is 5.56 Å². The molecule has 0 atom stereocenters. The molecule has 158 valence electrons. The number of carbonyl (C=O) groups excluding carboxylic acids is 1. The van der Waals surface area contributed by atoms with Crippen LogP contribution in [-0.2, 0) is 24.3 Å². The topological polar surface area (TPSA) is 64.0 Å². The van der Waals surface area contributed by atoms with Crippen LogP contribution in [0.15, 0.2) is 76.0 Å². The van der Waals surface area contributed by atoms with Gasteiger partial charge in [-0.3, -0.25) is 14.2 Å². The molecule has 0 unspecified atom stereocenters. The Morgan fingerprint density at radius 1 is 1.10 bits per heavy atom. The van der Waals surface area contributed by atoms with Gasteiger partial charge >= 0.3 is 0 Å². The molecular weight excluding hydrogens is 450 g/mol. The SMILES string of the molecule is O=C(CSc1nc2ccsc2c(=O)n1CCc1ccccc1)NCc1ccccc1Cl. The zero-order valence-corrected chi connectivity index (χ0v) is 19.0. The zero-order valence-electron chi connectivity index (χ0n) is 16.6. The number of aryl methyl sites for hydroxylation is 1. The van der Waals surface area contributed by atoms with Gasteiger partial charge in [0, 0.05) is 18.1 Å². The highest BCUT2D eigenvalue weighted by Gasteiger charge is 2.14. The number of carbonyl (C=O) groups is 1. The highest BCUT2D eigenvalue weighted by atomic mass is 35.5. The van der Waals surface area contributed by atoms with Gasteiger partial charge in [0.1, 0.15) is 4.70 Å². The quantitative estimate of drug-likeness (QED) is 0.298. The average Bonchev–Trinajstić information content (AvgIpc) is 3.26. The third-order valence-electron chi connectivity index (χ3n) is 4.76. The van der Waals surface area contributed by atoms with Crippen molar-refractivity contribution >= 4 is 50.8 Å². The molecule has 2 heterocycles. The predicted octanol–water partition coefficient (Wildman–Crippen LogP) is 4.76. The van der Waals surface area contributed by atoms with E-state index in [1.807, 2.05) is 60.0 Å². The maximum atomic E-state index is 13.0. The van der Waals surface area contributed by atoms with Gasteiger partial charge in [0.2, 0.25) is 5.91 Å². The number of hydrogen-bond acceptors (Lipinski definition) is 5. The van der Waals surface area contributed by atoms with Crippen LogP contribution in [0.4, 0.5) is 0 Å². The molecule has 0 spiro atoms. The minimum Gasteiger partial charge on any atom is -0.351 e. The number of hydrogen-bond donors (Lipinski definition) is 1. The maximum Gasteiger partial charge on any atom is 0.272 e. The second-order valence-electron chi connectivity index (χ2n) is 6.88. The number of nitrogens with zero attached hydrogens (tertiary/aromatic N) is 2. The molecule has 1 amide bonds. The van der Waals surface area contributed by atoms with Crippen LogP contribution in [0.25, 0.3) is 10.2 Å². The predicted molar refractivity (Wildman–Crippen MR) is 128 cm³/mol. The number of amides is 1. The fourth-order valence-electron chi connectivity index (χ4n) is 3.13. The van der Waals surface area contributed by atoms with E-state index < -0.39 is 0 Å². The number of halogens is 1. The summed E-state index contributed by atoms with van der Waals surface area (Å²) in [5.74, 6) is 0.0249. The first-order chi connectivity index (χ1) is 15.1. The zero-order chi connectivity index (χ0) is 21.6. The number of fused-ring (bicyclic) bond motifs is 1. The summed E-state index contributed by atoms with van der Waals surface area (Å²) in [5.41, 5.74) is 2.62. The summed E-state index contributed by atoms with van der Waals surface area (Å²) in [6.45, 7) is 0.865. The number of benzene rings is 2. The van der Waals surface area contributed by atoms with E-state index in [-0.39, 0.29) is 17.2 Å². The fourth-order valence-corrected chi connectivity index (χ4v) is 4.97.